The molecule has 2 aromatic rings. The lowest BCUT2D eigenvalue weighted by molar-refractivity contribution is 0.0699. The smallest absolute Gasteiger partial charge is 0.0651 e. The first kappa shape index (κ1) is 10.6. The lowest BCUT2D eigenvalue weighted by Crippen LogP contribution is -2.22. The molecule has 0 atom stereocenters. The molecule has 17 heavy (non-hydrogen) atoms. The van der Waals surface area contributed by atoms with Gasteiger partial charge in [0.2, 0.25) is 0 Å². The van der Waals surface area contributed by atoms with Crippen molar-refractivity contribution in [3.63, 3.8) is 0 Å². The van der Waals surface area contributed by atoms with E-state index in [1.807, 2.05) is 6.20 Å². The van der Waals surface area contributed by atoms with Crippen LogP contribution in [0.15, 0.2) is 24.4 Å². The standard InChI is InChI=1S/C13H17N3O/c1-2-13-11(9-15-16-13)7-12(1)14-8-10-3-5-17-6-4-10/h1-2,7,9-10,14H,3-6,8H2,(H,15,16). The minimum Gasteiger partial charge on any atom is -0.385 e. The van der Waals surface area contributed by atoms with Gasteiger partial charge in [0.1, 0.15) is 0 Å². The molecule has 2 N–H and O–H groups in total. The molecule has 1 aromatic heterocycles. The molecule has 0 unspecified atom stereocenters. The molecular formula is C13H17N3O. The molecule has 3 rings (SSSR count). The van der Waals surface area contributed by atoms with E-state index in [1.54, 1.807) is 0 Å². The number of nitrogens with one attached hydrogen (secondary N) is 2. The van der Waals surface area contributed by atoms with Crippen molar-refractivity contribution in [2.24, 2.45) is 5.92 Å². The van der Waals surface area contributed by atoms with Gasteiger partial charge in [0.15, 0.2) is 0 Å². The third-order valence-corrected chi connectivity index (χ3v) is 3.38. The van der Waals surface area contributed by atoms with Crippen molar-refractivity contribution in [2.45, 2.75) is 12.8 Å². The van der Waals surface area contributed by atoms with Gasteiger partial charge >= 0.3 is 0 Å². The third kappa shape index (κ3) is 2.42. The van der Waals surface area contributed by atoms with Crippen LogP contribution >= 0.6 is 0 Å². The Bertz CT molecular complexity index is 488. The number of fused-ring (bicyclic) bond motifs is 1. The second-order valence-corrected chi connectivity index (χ2v) is 4.61. The van der Waals surface area contributed by atoms with Crippen molar-refractivity contribution in [1.82, 2.24) is 10.2 Å². The van der Waals surface area contributed by atoms with Gasteiger partial charge in [-0.2, -0.15) is 5.10 Å². The summed E-state index contributed by atoms with van der Waals surface area (Å²) in [5, 5.41) is 11.6. The lowest BCUT2D eigenvalue weighted by atomic mass is 10.0. The highest BCUT2D eigenvalue weighted by molar-refractivity contribution is 5.81. The lowest BCUT2D eigenvalue weighted by Gasteiger charge is -2.22. The van der Waals surface area contributed by atoms with E-state index < -0.39 is 0 Å². The van der Waals surface area contributed by atoms with E-state index in [0.717, 1.165) is 36.6 Å². The number of benzene rings is 1. The summed E-state index contributed by atoms with van der Waals surface area (Å²) >= 11 is 0. The summed E-state index contributed by atoms with van der Waals surface area (Å²) in [5.41, 5.74) is 2.26. The molecule has 1 aliphatic heterocycles. The first-order chi connectivity index (χ1) is 8.42. The molecule has 90 valence electrons. The van der Waals surface area contributed by atoms with E-state index in [4.69, 9.17) is 4.74 Å². The number of H-pyrrole nitrogens is 1. The van der Waals surface area contributed by atoms with Crippen LogP contribution in [0.4, 0.5) is 5.69 Å². The number of anilines is 1. The van der Waals surface area contributed by atoms with E-state index in [2.05, 4.69) is 33.7 Å². The fourth-order valence-corrected chi connectivity index (χ4v) is 2.27. The van der Waals surface area contributed by atoms with Crippen LogP contribution in [0.25, 0.3) is 10.9 Å². The molecule has 0 saturated carbocycles. The third-order valence-electron chi connectivity index (χ3n) is 3.38. The Balaban J connectivity index is 1.63. The van der Waals surface area contributed by atoms with Gasteiger partial charge in [0.25, 0.3) is 0 Å². The summed E-state index contributed by atoms with van der Waals surface area (Å²) in [6.45, 7) is 2.85. The van der Waals surface area contributed by atoms with E-state index in [1.165, 1.54) is 18.5 Å². The van der Waals surface area contributed by atoms with Crippen LogP contribution in [0.5, 0.6) is 0 Å². The zero-order valence-corrected chi connectivity index (χ0v) is 9.78. The van der Waals surface area contributed by atoms with Crippen LogP contribution in [0.3, 0.4) is 0 Å². The van der Waals surface area contributed by atoms with E-state index in [9.17, 15) is 0 Å². The van der Waals surface area contributed by atoms with Gasteiger partial charge in [-0.1, -0.05) is 0 Å². The summed E-state index contributed by atoms with van der Waals surface area (Å²) in [4.78, 5) is 0. The van der Waals surface area contributed by atoms with Crippen LogP contribution in [-0.2, 0) is 4.74 Å². The second kappa shape index (κ2) is 4.75. The van der Waals surface area contributed by atoms with Crippen LogP contribution < -0.4 is 5.32 Å². The molecule has 0 bridgehead atoms. The van der Waals surface area contributed by atoms with Crippen molar-refractivity contribution in [1.29, 1.82) is 0 Å². The fourth-order valence-electron chi connectivity index (χ4n) is 2.27. The highest BCUT2D eigenvalue weighted by atomic mass is 16.5. The molecule has 0 aliphatic carbocycles. The molecule has 0 radical (unpaired) electrons. The highest BCUT2D eigenvalue weighted by Crippen LogP contribution is 2.19. The largest absolute Gasteiger partial charge is 0.385 e. The predicted molar refractivity (Wildman–Crippen MR) is 68.1 cm³/mol. The van der Waals surface area contributed by atoms with Gasteiger partial charge in [-0.25, -0.2) is 0 Å². The minimum absolute atomic E-state index is 0.740. The van der Waals surface area contributed by atoms with Crippen molar-refractivity contribution in [3.05, 3.63) is 24.4 Å². The molecule has 1 aromatic carbocycles. The van der Waals surface area contributed by atoms with Crippen LogP contribution in [0.2, 0.25) is 0 Å². The van der Waals surface area contributed by atoms with E-state index in [-0.39, 0.29) is 0 Å². The Labute approximate surface area is 100 Å². The second-order valence-electron chi connectivity index (χ2n) is 4.61. The zero-order chi connectivity index (χ0) is 11.5. The van der Waals surface area contributed by atoms with Gasteiger partial charge in [0, 0.05) is 30.8 Å². The zero-order valence-electron chi connectivity index (χ0n) is 9.78. The average Bonchev–Trinajstić information content (AvgIpc) is 2.85. The Hall–Kier alpha value is -1.55. The summed E-state index contributed by atoms with van der Waals surface area (Å²) in [7, 11) is 0. The molecule has 2 heterocycles. The van der Waals surface area contributed by atoms with Crippen LogP contribution in [0, 0.1) is 5.92 Å². The van der Waals surface area contributed by atoms with E-state index in [0.29, 0.717) is 0 Å². The highest BCUT2D eigenvalue weighted by Gasteiger charge is 2.13. The monoisotopic (exact) mass is 231 g/mol. The number of hydrogen-bond acceptors (Lipinski definition) is 3. The van der Waals surface area contributed by atoms with Gasteiger partial charge in [-0.3, -0.25) is 5.10 Å². The first-order valence-electron chi connectivity index (χ1n) is 6.16. The van der Waals surface area contributed by atoms with Crippen LogP contribution in [-0.4, -0.2) is 30.0 Å². The van der Waals surface area contributed by atoms with Crippen LogP contribution in [0.1, 0.15) is 12.8 Å². The van der Waals surface area contributed by atoms with Gasteiger partial charge in [-0.05, 0) is 37.0 Å². The molecule has 1 fully saturated rings. The molecule has 4 nitrogen and oxygen atoms in total. The minimum atomic E-state index is 0.740. The molecule has 1 saturated heterocycles. The van der Waals surface area contributed by atoms with Gasteiger partial charge in [-0.15, -0.1) is 0 Å². The number of hydrogen-bond donors (Lipinski definition) is 2. The summed E-state index contributed by atoms with van der Waals surface area (Å²) in [5.74, 6) is 0.740. The number of rotatable bonds is 3. The predicted octanol–water partition coefficient (Wildman–Crippen LogP) is 2.40. The topological polar surface area (TPSA) is 49.9 Å². The Morgan fingerprint density at radius 1 is 1.35 bits per heavy atom. The first-order valence-corrected chi connectivity index (χ1v) is 6.16. The molecule has 1 aliphatic rings. The number of nitrogens with zero attached hydrogens (tertiary/aromatic N) is 1. The average molecular weight is 231 g/mol. The maximum atomic E-state index is 5.36. The van der Waals surface area contributed by atoms with Gasteiger partial charge < -0.3 is 10.1 Å². The van der Waals surface area contributed by atoms with Crippen molar-refractivity contribution < 1.29 is 4.74 Å². The Morgan fingerprint density at radius 3 is 3.12 bits per heavy atom. The fraction of sp³-hybridized carbons (Fsp3) is 0.462. The summed E-state index contributed by atoms with van der Waals surface area (Å²) in [6.07, 6.45) is 4.19. The molecule has 0 spiro atoms. The Kier molecular flexibility index (Phi) is 2.96. The normalized spacial score (nSPS) is 17.4. The van der Waals surface area contributed by atoms with Gasteiger partial charge in [0.05, 0.1) is 11.7 Å². The summed E-state index contributed by atoms with van der Waals surface area (Å²) in [6, 6.07) is 6.30. The number of aromatic amines is 1. The Morgan fingerprint density at radius 2 is 2.24 bits per heavy atom. The quantitative estimate of drug-likeness (QED) is 0.852. The maximum absolute atomic E-state index is 5.36. The summed E-state index contributed by atoms with van der Waals surface area (Å²) < 4.78 is 5.36. The van der Waals surface area contributed by atoms with E-state index >= 15 is 0 Å². The molecular weight excluding hydrogens is 214 g/mol. The van der Waals surface area contributed by atoms with Crippen molar-refractivity contribution >= 4 is 16.6 Å². The molecule has 0 amide bonds. The number of ether oxygens (including phenoxy) is 1. The molecule has 4 heteroatoms. The number of aromatic nitrogens is 2. The van der Waals surface area contributed by atoms with Crippen molar-refractivity contribution in [3.8, 4) is 0 Å². The maximum Gasteiger partial charge on any atom is 0.0651 e. The van der Waals surface area contributed by atoms with Crippen molar-refractivity contribution in [2.75, 3.05) is 25.1 Å². The SMILES string of the molecule is c1cc2[nH]ncc2cc1NCC1CCOCC1.